The topological polar surface area (TPSA) is 88.7 Å². The summed E-state index contributed by atoms with van der Waals surface area (Å²) in [5.74, 6) is 0.393. The number of ether oxygens (including phenoxy) is 2. The van der Waals surface area contributed by atoms with Gasteiger partial charge >= 0.3 is 0 Å². The number of carbonyl (C=O) groups is 2. The smallest absolute Gasteiger partial charge is 0.276 e. The first-order valence-corrected chi connectivity index (χ1v) is 11.4. The van der Waals surface area contributed by atoms with Gasteiger partial charge in [0.05, 0.1) is 12.2 Å². The van der Waals surface area contributed by atoms with Gasteiger partial charge in [0.15, 0.2) is 11.7 Å². The minimum Gasteiger partial charge on any atom is -0.492 e. The second kappa shape index (κ2) is 12.0. The molecule has 10 heteroatoms. The normalized spacial score (nSPS) is 10.4. The highest BCUT2D eigenvalue weighted by Crippen LogP contribution is 2.24. The predicted octanol–water partition coefficient (Wildman–Crippen LogP) is 4.27. The Kier molecular flexibility index (Phi) is 9.73. The monoisotopic (exact) mass is 571 g/mol. The third kappa shape index (κ3) is 8.47. The van der Waals surface area contributed by atoms with Gasteiger partial charge in [0, 0.05) is 8.95 Å². The highest BCUT2D eigenvalue weighted by Gasteiger charge is 2.15. The van der Waals surface area contributed by atoms with Crippen molar-refractivity contribution in [3.63, 3.8) is 0 Å². The van der Waals surface area contributed by atoms with Crippen LogP contribution in [0.25, 0.3) is 0 Å². The SMILES string of the molecule is Cc1cc(OCC(=O)NNC(=S)NC(=O)c2cc(Br)ccc2OCC(C)C)ccc1Br. The lowest BCUT2D eigenvalue weighted by Gasteiger charge is -2.15. The molecule has 0 aliphatic carbocycles. The number of benzene rings is 2. The van der Waals surface area contributed by atoms with Crippen LogP contribution < -0.4 is 25.6 Å². The third-order valence-electron chi connectivity index (χ3n) is 3.80. The molecule has 2 rings (SSSR count). The van der Waals surface area contributed by atoms with Gasteiger partial charge in [-0.15, -0.1) is 0 Å². The van der Waals surface area contributed by atoms with Crippen molar-refractivity contribution in [1.82, 2.24) is 16.2 Å². The number of aryl methyl sites for hydroxylation is 1. The van der Waals surface area contributed by atoms with Crippen molar-refractivity contribution in [1.29, 1.82) is 0 Å². The molecule has 0 aliphatic rings. The molecule has 0 saturated carbocycles. The molecule has 0 bridgehead atoms. The lowest BCUT2D eigenvalue weighted by atomic mass is 10.2. The fraction of sp³-hybridized carbons (Fsp3) is 0.286. The number of halogens is 2. The summed E-state index contributed by atoms with van der Waals surface area (Å²) < 4.78 is 12.8. The van der Waals surface area contributed by atoms with Crippen LogP contribution in [-0.4, -0.2) is 30.1 Å². The molecular weight excluding hydrogens is 550 g/mol. The van der Waals surface area contributed by atoms with Gasteiger partial charge in [-0.2, -0.15) is 0 Å². The van der Waals surface area contributed by atoms with Crippen molar-refractivity contribution >= 4 is 61.0 Å². The Balaban J connectivity index is 1.85. The van der Waals surface area contributed by atoms with Crippen molar-refractivity contribution in [2.45, 2.75) is 20.8 Å². The molecule has 7 nitrogen and oxygen atoms in total. The van der Waals surface area contributed by atoms with Crippen LogP contribution in [0.3, 0.4) is 0 Å². The molecule has 2 aromatic carbocycles. The number of hydrogen-bond acceptors (Lipinski definition) is 5. The molecule has 0 heterocycles. The van der Waals surface area contributed by atoms with Gasteiger partial charge in [0.2, 0.25) is 0 Å². The van der Waals surface area contributed by atoms with Crippen molar-refractivity contribution < 1.29 is 19.1 Å². The largest absolute Gasteiger partial charge is 0.492 e. The molecule has 166 valence electrons. The van der Waals surface area contributed by atoms with E-state index in [1.165, 1.54) is 0 Å². The molecule has 2 amide bonds. The predicted molar refractivity (Wildman–Crippen MR) is 130 cm³/mol. The Morgan fingerprint density at radius 2 is 1.81 bits per heavy atom. The van der Waals surface area contributed by atoms with Crippen LogP contribution in [0, 0.1) is 12.8 Å². The lowest BCUT2D eigenvalue weighted by molar-refractivity contribution is -0.123. The van der Waals surface area contributed by atoms with E-state index in [2.05, 4.69) is 48.0 Å². The van der Waals surface area contributed by atoms with Gasteiger partial charge in [0.25, 0.3) is 11.8 Å². The molecule has 0 aliphatic heterocycles. The summed E-state index contributed by atoms with van der Waals surface area (Å²) in [4.78, 5) is 24.6. The van der Waals surface area contributed by atoms with Gasteiger partial charge in [-0.05, 0) is 67.0 Å². The lowest BCUT2D eigenvalue weighted by Crippen LogP contribution is -2.49. The highest BCUT2D eigenvalue weighted by molar-refractivity contribution is 9.10. The summed E-state index contributed by atoms with van der Waals surface area (Å²) in [6, 6.07) is 10.5. The first-order valence-electron chi connectivity index (χ1n) is 9.37. The molecule has 0 saturated heterocycles. The molecule has 0 unspecified atom stereocenters. The van der Waals surface area contributed by atoms with E-state index in [0.717, 1.165) is 14.5 Å². The Bertz CT molecular complexity index is 970. The molecule has 0 fully saturated rings. The number of hydrogen-bond donors (Lipinski definition) is 3. The molecule has 31 heavy (non-hydrogen) atoms. The summed E-state index contributed by atoms with van der Waals surface area (Å²) in [6.07, 6.45) is 0. The van der Waals surface area contributed by atoms with Crippen LogP contribution in [-0.2, 0) is 4.79 Å². The summed E-state index contributed by atoms with van der Waals surface area (Å²) in [7, 11) is 0. The zero-order valence-electron chi connectivity index (χ0n) is 17.3. The Morgan fingerprint density at radius 1 is 1.06 bits per heavy atom. The van der Waals surface area contributed by atoms with Gasteiger partial charge < -0.3 is 9.47 Å². The maximum Gasteiger partial charge on any atom is 0.276 e. The van der Waals surface area contributed by atoms with E-state index >= 15 is 0 Å². The molecule has 3 N–H and O–H groups in total. The first kappa shape index (κ1) is 25.1. The maximum atomic E-state index is 12.6. The number of thiocarbonyl (C=S) groups is 1. The number of carbonyl (C=O) groups excluding carboxylic acids is 2. The van der Waals surface area contributed by atoms with E-state index in [9.17, 15) is 9.59 Å². The van der Waals surface area contributed by atoms with Crippen molar-refractivity contribution in [3.8, 4) is 11.5 Å². The minimum atomic E-state index is -0.464. The number of hydrazine groups is 1. The van der Waals surface area contributed by atoms with Crippen LogP contribution in [0.5, 0.6) is 11.5 Å². The van der Waals surface area contributed by atoms with Gasteiger partial charge in [-0.25, -0.2) is 0 Å². The minimum absolute atomic E-state index is 0.0624. The van der Waals surface area contributed by atoms with E-state index in [4.69, 9.17) is 21.7 Å². The molecule has 0 aromatic heterocycles. The molecule has 2 aromatic rings. The zero-order chi connectivity index (χ0) is 23.0. The standard InChI is InChI=1S/C21H23Br2N3O4S/c1-12(2)10-30-18-7-4-14(22)9-16(18)20(28)24-21(31)26-25-19(27)11-29-15-5-6-17(23)13(3)8-15/h4-9,12H,10-11H2,1-3H3,(H,25,27)(H2,24,26,28,31). The fourth-order valence-electron chi connectivity index (χ4n) is 2.28. The van der Waals surface area contributed by atoms with Crippen molar-refractivity contribution in [2.24, 2.45) is 5.92 Å². The average Bonchev–Trinajstić information content (AvgIpc) is 2.72. The van der Waals surface area contributed by atoms with Crippen molar-refractivity contribution in [3.05, 3.63) is 56.5 Å². The van der Waals surface area contributed by atoms with E-state index < -0.39 is 11.8 Å². The second-order valence-corrected chi connectivity index (χ2v) is 9.18. The van der Waals surface area contributed by atoms with E-state index in [1.54, 1.807) is 24.3 Å². The number of amides is 2. The number of nitrogens with one attached hydrogen (secondary N) is 3. The van der Waals surface area contributed by atoms with E-state index in [1.807, 2.05) is 32.9 Å². The van der Waals surface area contributed by atoms with Gasteiger partial charge in [-0.3, -0.25) is 25.8 Å². The zero-order valence-corrected chi connectivity index (χ0v) is 21.2. The Labute approximate surface area is 203 Å². The van der Waals surface area contributed by atoms with Crippen LogP contribution >= 0.6 is 44.1 Å². The summed E-state index contributed by atoms with van der Waals surface area (Å²) in [5, 5.41) is 2.45. The summed E-state index contributed by atoms with van der Waals surface area (Å²) in [5.41, 5.74) is 6.17. The number of rotatable bonds is 7. The highest BCUT2D eigenvalue weighted by atomic mass is 79.9. The Morgan fingerprint density at radius 3 is 2.48 bits per heavy atom. The molecular formula is C21H23Br2N3O4S. The molecule has 0 radical (unpaired) electrons. The van der Waals surface area contributed by atoms with Crippen LogP contribution in [0.4, 0.5) is 0 Å². The van der Waals surface area contributed by atoms with Gasteiger partial charge in [-0.1, -0.05) is 45.7 Å². The van der Waals surface area contributed by atoms with E-state index in [-0.39, 0.29) is 11.7 Å². The third-order valence-corrected chi connectivity index (χ3v) is 5.39. The molecule has 0 spiro atoms. The molecule has 0 atom stereocenters. The quantitative estimate of drug-likeness (QED) is 0.339. The summed E-state index contributed by atoms with van der Waals surface area (Å²) in [6.45, 7) is 6.20. The van der Waals surface area contributed by atoms with Crippen LogP contribution in [0.1, 0.15) is 29.8 Å². The fourth-order valence-corrected chi connectivity index (χ4v) is 3.03. The second-order valence-electron chi connectivity index (χ2n) is 7.00. The van der Waals surface area contributed by atoms with Crippen molar-refractivity contribution in [2.75, 3.05) is 13.2 Å². The average molecular weight is 573 g/mol. The van der Waals surface area contributed by atoms with Crippen LogP contribution in [0.15, 0.2) is 45.3 Å². The Hall–Kier alpha value is -2.17. The van der Waals surface area contributed by atoms with Gasteiger partial charge in [0.1, 0.15) is 11.5 Å². The summed E-state index contributed by atoms with van der Waals surface area (Å²) >= 11 is 11.8. The van der Waals surface area contributed by atoms with Crippen LogP contribution in [0.2, 0.25) is 0 Å². The maximum absolute atomic E-state index is 12.6. The van der Waals surface area contributed by atoms with E-state index in [0.29, 0.717) is 29.6 Å². The first-order chi connectivity index (χ1) is 14.7.